The first kappa shape index (κ1) is 26.3. The van der Waals surface area contributed by atoms with E-state index in [9.17, 15) is 24.3 Å². The van der Waals surface area contributed by atoms with Crippen molar-refractivity contribution in [3.63, 3.8) is 0 Å². The highest BCUT2D eigenvalue weighted by atomic mass is 31.2. The molecule has 4 N–H and O–H groups in total. The van der Waals surface area contributed by atoms with Crippen LogP contribution in [0.15, 0.2) is 109 Å². The lowest BCUT2D eigenvalue weighted by Gasteiger charge is -2.38. The highest BCUT2D eigenvalue weighted by Gasteiger charge is 2.51. The number of aliphatic carboxylic acids is 1. The molecule has 0 aliphatic heterocycles. The van der Waals surface area contributed by atoms with Crippen LogP contribution in [0.25, 0.3) is 11.1 Å². The Morgan fingerprint density at radius 2 is 1.41 bits per heavy atom. The molecule has 190 valence electrons. The SMILES string of the molecule is COc1cccc(-c2ccc(C[C@H](NC(c3ccccc3)(c3ccccc3)P(=O)(O)O)C(=O)O)cc2)c1. The number of nitrogens with one attached hydrogen (secondary N) is 1. The molecule has 7 nitrogen and oxygen atoms in total. The van der Waals surface area contributed by atoms with Gasteiger partial charge in [-0.25, -0.2) is 0 Å². The first-order valence-corrected chi connectivity index (χ1v) is 13.3. The molecule has 0 aromatic heterocycles. The first-order chi connectivity index (χ1) is 17.7. The summed E-state index contributed by atoms with van der Waals surface area (Å²) in [7, 11) is -3.39. The minimum Gasteiger partial charge on any atom is -0.497 e. The lowest BCUT2D eigenvalue weighted by atomic mass is 9.95. The van der Waals surface area contributed by atoms with Crippen LogP contribution in [0, 0.1) is 0 Å². The fraction of sp³-hybridized carbons (Fsp3) is 0.138. The Morgan fingerprint density at radius 1 is 0.838 bits per heavy atom. The van der Waals surface area contributed by atoms with Crippen LogP contribution in [0.3, 0.4) is 0 Å². The van der Waals surface area contributed by atoms with Gasteiger partial charge >= 0.3 is 13.6 Å². The minimum atomic E-state index is -4.99. The Kier molecular flexibility index (Phi) is 7.91. The normalized spacial score (nSPS) is 12.6. The van der Waals surface area contributed by atoms with Crippen LogP contribution in [0.4, 0.5) is 0 Å². The van der Waals surface area contributed by atoms with E-state index in [-0.39, 0.29) is 17.5 Å². The van der Waals surface area contributed by atoms with Crippen molar-refractivity contribution in [3.05, 3.63) is 126 Å². The fourth-order valence-electron chi connectivity index (χ4n) is 4.44. The standard InChI is InChI=1S/C29H28NO6P/c1-36-26-14-8-9-23(20-26)22-17-15-21(16-18-22)19-27(28(31)32)30-29(37(33,34)35,24-10-4-2-5-11-24)25-12-6-3-7-13-25/h2-18,20,27,30H,19H2,1H3,(H,31,32)(H2,33,34,35)/t27-/m0/s1. The van der Waals surface area contributed by atoms with Gasteiger partial charge in [-0.05, 0) is 46.4 Å². The molecule has 0 aliphatic rings. The van der Waals surface area contributed by atoms with E-state index in [4.69, 9.17) is 4.74 Å². The number of rotatable bonds is 10. The smallest absolute Gasteiger partial charge is 0.354 e. The van der Waals surface area contributed by atoms with E-state index in [1.807, 2.05) is 48.5 Å². The predicted octanol–water partition coefficient (Wildman–Crippen LogP) is 5.03. The molecule has 0 bridgehead atoms. The third-order valence-corrected chi connectivity index (χ3v) is 7.82. The monoisotopic (exact) mass is 517 g/mol. The summed E-state index contributed by atoms with van der Waals surface area (Å²) in [5.41, 5.74) is 3.13. The Balaban J connectivity index is 1.71. The van der Waals surface area contributed by atoms with Crippen molar-refractivity contribution in [2.24, 2.45) is 0 Å². The lowest BCUT2D eigenvalue weighted by Crippen LogP contribution is -2.52. The van der Waals surface area contributed by atoms with Gasteiger partial charge in [0.05, 0.1) is 7.11 Å². The summed E-state index contributed by atoms with van der Waals surface area (Å²) in [5.74, 6) is -0.492. The number of benzene rings is 4. The van der Waals surface area contributed by atoms with E-state index in [0.29, 0.717) is 5.56 Å². The van der Waals surface area contributed by atoms with Gasteiger partial charge in [0.1, 0.15) is 11.8 Å². The Bertz CT molecular complexity index is 1350. The second-order valence-corrected chi connectivity index (χ2v) is 10.4. The molecular weight excluding hydrogens is 489 g/mol. The van der Waals surface area contributed by atoms with Crippen molar-refractivity contribution < 1.29 is 29.0 Å². The molecular formula is C29H28NO6P. The highest BCUT2D eigenvalue weighted by Crippen LogP contribution is 2.59. The van der Waals surface area contributed by atoms with Crippen molar-refractivity contribution in [1.82, 2.24) is 5.32 Å². The van der Waals surface area contributed by atoms with Gasteiger partial charge in [0.2, 0.25) is 0 Å². The number of ether oxygens (including phenoxy) is 1. The zero-order valence-electron chi connectivity index (χ0n) is 20.2. The molecule has 0 aliphatic carbocycles. The summed E-state index contributed by atoms with van der Waals surface area (Å²) in [4.78, 5) is 33.8. The average Bonchev–Trinajstić information content (AvgIpc) is 2.91. The molecule has 0 amide bonds. The van der Waals surface area contributed by atoms with Gasteiger partial charge in [0.25, 0.3) is 0 Å². The number of hydrogen-bond donors (Lipinski definition) is 4. The van der Waals surface area contributed by atoms with Gasteiger partial charge in [0, 0.05) is 0 Å². The zero-order chi connectivity index (χ0) is 26.5. The fourth-order valence-corrected chi connectivity index (χ4v) is 5.73. The number of carboxylic acids is 1. The maximum Gasteiger partial charge on any atom is 0.354 e. The molecule has 0 heterocycles. The molecule has 37 heavy (non-hydrogen) atoms. The van der Waals surface area contributed by atoms with Gasteiger partial charge in [0.15, 0.2) is 5.28 Å². The van der Waals surface area contributed by atoms with Crippen molar-refractivity contribution in [1.29, 1.82) is 0 Å². The first-order valence-electron chi connectivity index (χ1n) is 11.6. The Hall–Kier alpha value is -3.74. The molecule has 0 saturated heterocycles. The van der Waals surface area contributed by atoms with Crippen LogP contribution in [-0.4, -0.2) is 34.0 Å². The van der Waals surface area contributed by atoms with Crippen molar-refractivity contribution >= 4 is 13.6 Å². The molecule has 0 unspecified atom stereocenters. The van der Waals surface area contributed by atoms with Gasteiger partial charge in [-0.3, -0.25) is 14.7 Å². The van der Waals surface area contributed by atoms with E-state index >= 15 is 0 Å². The van der Waals surface area contributed by atoms with Gasteiger partial charge in [-0.2, -0.15) is 0 Å². The topological polar surface area (TPSA) is 116 Å². The number of carboxylic acid groups (broad SMARTS) is 1. The lowest BCUT2D eigenvalue weighted by molar-refractivity contribution is -0.139. The summed E-state index contributed by atoms with van der Waals surface area (Å²) in [5, 5.41) is 10.9. The van der Waals surface area contributed by atoms with Crippen LogP contribution in [0.5, 0.6) is 5.75 Å². The van der Waals surface area contributed by atoms with Gasteiger partial charge < -0.3 is 19.6 Å². The van der Waals surface area contributed by atoms with Crippen LogP contribution < -0.4 is 10.1 Å². The Labute approximate surface area is 215 Å². The predicted molar refractivity (Wildman–Crippen MR) is 142 cm³/mol. The number of hydrogen-bond acceptors (Lipinski definition) is 4. The molecule has 8 heteroatoms. The van der Waals surface area contributed by atoms with Crippen LogP contribution in [0.2, 0.25) is 0 Å². The maximum atomic E-state index is 13.1. The van der Waals surface area contributed by atoms with E-state index in [0.717, 1.165) is 16.9 Å². The molecule has 0 spiro atoms. The van der Waals surface area contributed by atoms with E-state index in [2.05, 4.69) is 5.32 Å². The molecule has 0 fully saturated rings. The molecule has 0 saturated carbocycles. The largest absolute Gasteiger partial charge is 0.497 e. The molecule has 4 rings (SSSR count). The summed E-state index contributed by atoms with van der Waals surface area (Å²) >= 11 is 0. The van der Waals surface area contributed by atoms with Crippen LogP contribution in [0.1, 0.15) is 16.7 Å². The van der Waals surface area contributed by atoms with E-state index < -0.39 is 24.9 Å². The Morgan fingerprint density at radius 3 is 1.89 bits per heavy atom. The summed E-state index contributed by atoms with van der Waals surface area (Å²) < 4.78 is 18.4. The molecule has 4 aromatic rings. The van der Waals surface area contributed by atoms with Gasteiger partial charge in [-0.1, -0.05) is 97.1 Å². The second-order valence-electron chi connectivity index (χ2n) is 8.65. The third-order valence-electron chi connectivity index (χ3n) is 6.30. The molecule has 4 aromatic carbocycles. The zero-order valence-corrected chi connectivity index (χ0v) is 21.1. The van der Waals surface area contributed by atoms with Crippen molar-refractivity contribution in [2.45, 2.75) is 17.7 Å². The van der Waals surface area contributed by atoms with Crippen LogP contribution in [-0.2, 0) is 21.1 Å². The van der Waals surface area contributed by atoms with E-state index in [1.54, 1.807) is 67.8 Å². The number of carbonyl (C=O) groups is 1. The minimum absolute atomic E-state index is 0.00907. The quantitative estimate of drug-likeness (QED) is 0.218. The summed E-state index contributed by atoms with van der Waals surface area (Å²) in [6.07, 6.45) is 0.00907. The summed E-state index contributed by atoms with van der Waals surface area (Å²) in [6, 6.07) is 30.2. The number of methoxy groups -OCH3 is 1. The van der Waals surface area contributed by atoms with Crippen molar-refractivity contribution in [2.75, 3.05) is 7.11 Å². The average molecular weight is 518 g/mol. The highest BCUT2D eigenvalue weighted by molar-refractivity contribution is 7.53. The van der Waals surface area contributed by atoms with Crippen LogP contribution >= 0.6 is 7.60 Å². The maximum absolute atomic E-state index is 13.1. The molecule has 1 atom stereocenters. The second kappa shape index (κ2) is 11.1. The van der Waals surface area contributed by atoms with Gasteiger partial charge in [-0.15, -0.1) is 0 Å². The van der Waals surface area contributed by atoms with E-state index in [1.165, 1.54) is 0 Å². The summed E-state index contributed by atoms with van der Waals surface area (Å²) in [6.45, 7) is 0. The third kappa shape index (κ3) is 5.66. The van der Waals surface area contributed by atoms with Crippen molar-refractivity contribution in [3.8, 4) is 16.9 Å². The molecule has 0 radical (unpaired) electrons.